The highest BCUT2D eigenvalue weighted by atomic mass is 16.3. The molecule has 2 amide bonds. The summed E-state index contributed by atoms with van der Waals surface area (Å²) in [6.07, 6.45) is 5.56. The van der Waals surface area contributed by atoms with Crippen LogP contribution in [0.25, 0.3) is 11.3 Å². The third-order valence-corrected chi connectivity index (χ3v) is 5.90. The van der Waals surface area contributed by atoms with Crippen molar-refractivity contribution in [2.75, 3.05) is 20.6 Å². The zero-order valence-corrected chi connectivity index (χ0v) is 15.1. The smallest absolute Gasteiger partial charge is 0.253 e. The summed E-state index contributed by atoms with van der Waals surface area (Å²) in [6, 6.07) is 7.62. The number of oxazole rings is 1. The largest absolute Gasteiger partial charge is 0.444 e. The molecule has 1 saturated carbocycles. The molecule has 2 heterocycles. The van der Waals surface area contributed by atoms with Crippen LogP contribution in [-0.2, 0) is 4.79 Å². The molecule has 1 aliphatic carbocycles. The number of aromatic nitrogens is 1. The van der Waals surface area contributed by atoms with Crippen molar-refractivity contribution in [3.63, 3.8) is 0 Å². The van der Waals surface area contributed by atoms with Crippen LogP contribution in [0.5, 0.6) is 0 Å². The Morgan fingerprint density at radius 2 is 1.96 bits per heavy atom. The molecule has 0 spiro atoms. The molecule has 1 aromatic heterocycles. The highest BCUT2D eigenvalue weighted by molar-refractivity contribution is 5.94. The first kappa shape index (κ1) is 16.8. The van der Waals surface area contributed by atoms with Gasteiger partial charge in [0.25, 0.3) is 5.91 Å². The maximum atomic E-state index is 12.9. The first-order chi connectivity index (χ1) is 12.5. The van der Waals surface area contributed by atoms with E-state index >= 15 is 0 Å². The van der Waals surface area contributed by atoms with Crippen molar-refractivity contribution in [2.24, 2.45) is 11.8 Å². The van der Waals surface area contributed by atoms with Gasteiger partial charge in [-0.2, -0.15) is 0 Å². The predicted molar refractivity (Wildman–Crippen MR) is 96.3 cm³/mol. The summed E-state index contributed by atoms with van der Waals surface area (Å²) in [5.41, 5.74) is 1.56. The van der Waals surface area contributed by atoms with Crippen LogP contribution in [0, 0.1) is 11.8 Å². The molecule has 2 aromatic rings. The van der Waals surface area contributed by atoms with Gasteiger partial charge in [0.05, 0.1) is 6.20 Å². The lowest BCUT2D eigenvalue weighted by atomic mass is 9.88. The Hall–Kier alpha value is -2.63. The summed E-state index contributed by atoms with van der Waals surface area (Å²) in [6.45, 7) is 0.813. The van der Waals surface area contributed by atoms with Crippen LogP contribution in [0.1, 0.15) is 29.6 Å². The monoisotopic (exact) mass is 353 g/mol. The third kappa shape index (κ3) is 3.00. The Kier molecular flexibility index (Phi) is 4.26. The molecular weight excluding hydrogens is 330 g/mol. The number of likely N-dealkylation sites (tertiary alicyclic amines) is 1. The molecule has 26 heavy (non-hydrogen) atoms. The topological polar surface area (TPSA) is 66.7 Å². The Balaban J connectivity index is 1.44. The van der Waals surface area contributed by atoms with Crippen molar-refractivity contribution in [1.29, 1.82) is 0 Å². The summed E-state index contributed by atoms with van der Waals surface area (Å²) in [5, 5.41) is 0. The molecule has 3 atom stereocenters. The Morgan fingerprint density at radius 3 is 2.65 bits per heavy atom. The van der Waals surface area contributed by atoms with Gasteiger partial charge >= 0.3 is 0 Å². The molecule has 0 unspecified atom stereocenters. The summed E-state index contributed by atoms with van der Waals surface area (Å²) in [5.74, 6) is 1.85. The van der Waals surface area contributed by atoms with Crippen LogP contribution in [0.4, 0.5) is 0 Å². The van der Waals surface area contributed by atoms with E-state index in [1.807, 2.05) is 48.2 Å². The number of benzene rings is 1. The fourth-order valence-electron chi connectivity index (χ4n) is 4.31. The minimum atomic E-state index is 0.0254. The van der Waals surface area contributed by atoms with E-state index in [0.717, 1.165) is 24.9 Å². The van der Waals surface area contributed by atoms with Crippen LogP contribution in [0.2, 0.25) is 0 Å². The van der Waals surface area contributed by atoms with Gasteiger partial charge in [-0.15, -0.1) is 0 Å². The van der Waals surface area contributed by atoms with Crippen LogP contribution >= 0.6 is 0 Å². The van der Waals surface area contributed by atoms with E-state index in [2.05, 4.69) is 4.98 Å². The zero-order chi connectivity index (χ0) is 18.3. The van der Waals surface area contributed by atoms with E-state index in [-0.39, 0.29) is 17.9 Å². The van der Waals surface area contributed by atoms with Gasteiger partial charge in [-0.1, -0.05) is 12.1 Å². The number of nitrogens with zero attached hydrogens (tertiary/aromatic N) is 3. The van der Waals surface area contributed by atoms with Gasteiger partial charge in [-0.25, -0.2) is 4.98 Å². The van der Waals surface area contributed by atoms with E-state index in [0.29, 0.717) is 29.6 Å². The minimum absolute atomic E-state index is 0.0254. The molecule has 1 aliphatic heterocycles. The molecule has 4 rings (SSSR count). The lowest BCUT2D eigenvalue weighted by molar-refractivity contribution is -0.134. The number of carbonyl (C=O) groups is 2. The lowest BCUT2D eigenvalue weighted by Crippen LogP contribution is -2.39. The maximum absolute atomic E-state index is 12.9. The molecular formula is C20H23N3O3. The Labute approximate surface area is 152 Å². The fourth-order valence-corrected chi connectivity index (χ4v) is 4.31. The van der Waals surface area contributed by atoms with Gasteiger partial charge in [0.2, 0.25) is 5.91 Å². The second-order valence-corrected chi connectivity index (χ2v) is 7.48. The first-order valence-corrected chi connectivity index (χ1v) is 9.03. The van der Waals surface area contributed by atoms with Gasteiger partial charge in [0, 0.05) is 44.2 Å². The summed E-state index contributed by atoms with van der Waals surface area (Å²) >= 11 is 0. The van der Waals surface area contributed by atoms with Crippen molar-refractivity contribution < 1.29 is 14.0 Å². The van der Waals surface area contributed by atoms with Crippen molar-refractivity contribution in [2.45, 2.75) is 25.3 Å². The lowest BCUT2D eigenvalue weighted by Gasteiger charge is -2.31. The quantitative estimate of drug-likeness (QED) is 0.851. The van der Waals surface area contributed by atoms with Crippen molar-refractivity contribution in [1.82, 2.24) is 14.8 Å². The first-order valence-electron chi connectivity index (χ1n) is 9.03. The SMILES string of the molecule is CN1C[C@H]2C[C@@H](N(C)C(=O)c3ccc(-c4cnco4)cc3)C[C@H]2CC1=O. The van der Waals surface area contributed by atoms with Crippen LogP contribution in [-0.4, -0.2) is 53.3 Å². The highest BCUT2D eigenvalue weighted by Crippen LogP contribution is 2.40. The van der Waals surface area contributed by atoms with Gasteiger partial charge in [0.1, 0.15) is 0 Å². The molecule has 1 saturated heterocycles. The van der Waals surface area contributed by atoms with Crippen LogP contribution in [0.3, 0.4) is 0 Å². The summed E-state index contributed by atoms with van der Waals surface area (Å²) in [7, 11) is 3.75. The Bertz CT molecular complexity index is 800. The highest BCUT2D eigenvalue weighted by Gasteiger charge is 2.42. The molecule has 0 bridgehead atoms. The van der Waals surface area contributed by atoms with E-state index in [9.17, 15) is 9.59 Å². The normalized spacial score (nSPS) is 25.2. The number of fused-ring (bicyclic) bond motifs is 1. The fraction of sp³-hybridized carbons (Fsp3) is 0.450. The predicted octanol–water partition coefficient (Wildman–Crippen LogP) is 2.67. The van der Waals surface area contributed by atoms with E-state index in [1.54, 1.807) is 6.20 Å². The maximum Gasteiger partial charge on any atom is 0.253 e. The molecule has 6 heteroatoms. The molecule has 136 valence electrons. The Morgan fingerprint density at radius 1 is 1.23 bits per heavy atom. The van der Waals surface area contributed by atoms with E-state index < -0.39 is 0 Å². The van der Waals surface area contributed by atoms with Crippen molar-refractivity contribution in [3.05, 3.63) is 42.4 Å². The van der Waals surface area contributed by atoms with Gasteiger partial charge in [-0.05, 0) is 36.8 Å². The second-order valence-electron chi connectivity index (χ2n) is 7.48. The number of rotatable bonds is 3. The number of hydrogen-bond donors (Lipinski definition) is 0. The second kappa shape index (κ2) is 6.59. The number of carbonyl (C=O) groups excluding carboxylic acids is 2. The third-order valence-electron chi connectivity index (χ3n) is 5.90. The number of hydrogen-bond acceptors (Lipinski definition) is 4. The van der Waals surface area contributed by atoms with E-state index in [4.69, 9.17) is 4.42 Å². The molecule has 2 fully saturated rings. The zero-order valence-electron chi connectivity index (χ0n) is 15.1. The number of amides is 2. The summed E-state index contributed by atoms with van der Waals surface area (Å²) < 4.78 is 5.28. The van der Waals surface area contributed by atoms with Crippen LogP contribution < -0.4 is 0 Å². The van der Waals surface area contributed by atoms with Crippen LogP contribution in [0.15, 0.2) is 41.3 Å². The van der Waals surface area contributed by atoms with Gasteiger partial charge < -0.3 is 14.2 Å². The van der Waals surface area contributed by atoms with Gasteiger partial charge in [0.15, 0.2) is 12.2 Å². The average molecular weight is 353 g/mol. The van der Waals surface area contributed by atoms with Crippen molar-refractivity contribution in [3.8, 4) is 11.3 Å². The molecule has 2 aliphatic rings. The van der Waals surface area contributed by atoms with Crippen molar-refractivity contribution >= 4 is 11.8 Å². The summed E-state index contributed by atoms with van der Waals surface area (Å²) in [4.78, 5) is 32.4. The van der Waals surface area contributed by atoms with Gasteiger partial charge in [-0.3, -0.25) is 9.59 Å². The van der Waals surface area contributed by atoms with E-state index in [1.165, 1.54) is 6.39 Å². The number of piperidine rings is 1. The standard InChI is InChI=1S/C20H23N3O3/c1-22-11-16-8-17(7-15(16)9-19(22)24)23(2)20(25)14-5-3-13(4-6-14)18-10-21-12-26-18/h3-6,10,12,15-17H,7-9,11H2,1-2H3/t15-,16+,17-/m0/s1. The molecule has 6 nitrogen and oxygen atoms in total. The molecule has 1 aromatic carbocycles. The average Bonchev–Trinajstić information content (AvgIpc) is 3.31. The molecule has 0 N–H and O–H groups in total. The minimum Gasteiger partial charge on any atom is -0.444 e. The molecule has 0 radical (unpaired) electrons.